The van der Waals surface area contributed by atoms with E-state index in [1.54, 1.807) is 0 Å². The van der Waals surface area contributed by atoms with E-state index in [2.05, 4.69) is 32.6 Å². The number of hydrogen-bond acceptors (Lipinski definition) is 3. The van der Waals surface area contributed by atoms with Crippen LogP contribution in [-0.4, -0.2) is 46.1 Å². The minimum absolute atomic E-state index is 0.258. The third kappa shape index (κ3) is 12.2. The first-order chi connectivity index (χ1) is 12.4. The molecule has 0 aliphatic carbocycles. The minimum atomic E-state index is -0.682. The van der Waals surface area contributed by atoms with Crippen molar-refractivity contribution >= 4 is 17.7 Å². The second kappa shape index (κ2) is 15.8. The fraction of sp³-hybridized carbons (Fsp3) is 0.955. The Hall–Kier alpha value is -0.220. The molecule has 4 heteroatoms. The Labute approximate surface area is 167 Å². The quantitative estimate of drug-likeness (QED) is 0.269. The van der Waals surface area contributed by atoms with Crippen molar-refractivity contribution in [3.63, 3.8) is 0 Å². The highest BCUT2D eigenvalue weighted by atomic mass is 32.2. The van der Waals surface area contributed by atoms with E-state index < -0.39 is 12.0 Å². The molecule has 3 nitrogen and oxygen atoms in total. The molecule has 1 unspecified atom stereocenters. The third-order valence-corrected chi connectivity index (χ3v) is 6.63. The van der Waals surface area contributed by atoms with E-state index in [1.165, 1.54) is 70.6 Å². The Morgan fingerprint density at radius 3 is 1.85 bits per heavy atom. The van der Waals surface area contributed by atoms with Crippen molar-refractivity contribution in [2.75, 3.05) is 19.3 Å². The van der Waals surface area contributed by atoms with Gasteiger partial charge in [0.05, 0.1) is 0 Å². The highest BCUT2D eigenvalue weighted by molar-refractivity contribution is 8.00. The van der Waals surface area contributed by atoms with Crippen LogP contribution in [0.1, 0.15) is 105 Å². The molecule has 156 valence electrons. The molecule has 0 aromatic heterocycles. The van der Waals surface area contributed by atoms with Gasteiger partial charge in [-0.2, -0.15) is 11.8 Å². The number of carboxylic acids is 1. The number of carboxylic acid groups (broad SMARTS) is 1. The molecule has 1 N–H and O–H groups in total. The van der Waals surface area contributed by atoms with Crippen LogP contribution in [0.2, 0.25) is 0 Å². The van der Waals surface area contributed by atoms with Crippen LogP contribution in [0.25, 0.3) is 0 Å². The van der Waals surface area contributed by atoms with E-state index >= 15 is 0 Å². The molecule has 0 aliphatic rings. The number of likely N-dealkylation sites (N-methyl/N-ethyl adjacent to an activating group) is 1. The zero-order valence-corrected chi connectivity index (χ0v) is 19.0. The van der Waals surface area contributed by atoms with Gasteiger partial charge < -0.3 is 5.11 Å². The van der Waals surface area contributed by atoms with Crippen LogP contribution < -0.4 is 0 Å². The second-order valence-corrected chi connectivity index (χ2v) is 9.96. The molecule has 0 aromatic rings. The SMILES string of the molecule is CCCCCCCCSC(C)(C)C(C(=O)O)N(C)CCCCCCCC. The predicted octanol–water partition coefficient (Wildman–Crippen LogP) is 6.60. The summed E-state index contributed by atoms with van der Waals surface area (Å²) in [5.74, 6) is 0.382. The van der Waals surface area contributed by atoms with E-state index in [-0.39, 0.29) is 4.75 Å². The monoisotopic (exact) mass is 387 g/mol. The summed E-state index contributed by atoms with van der Waals surface area (Å²) >= 11 is 1.84. The van der Waals surface area contributed by atoms with Gasteiger partial charge in [-0.3, -0.25) is 9.69 Å². The molecule has 0 aliphatic heterocycles. The normalized spacial score (nSPS) is 13.3. The van der Waals surface area contributed by atoms with Crippen LogP contribution >= 0.6 is 11.8 Å². The Kier molecular flexibility index (Phi) is 15.7. The van der Waals surface area contributed by atoms with Crippen LogP contribution in [0, 0.1) is 0 Å². The average molecular weight is 388 g/mol. The van der Waals surface area contributed by atoms with Crippen molar-refractivity contribution in [2.45, 2.75) is 116 Å². The van der Waals surface area contributed by atoms with Gasteiger partial charge in [0.1, 0.15) is 6.04 Å². The number of carbonyl (C=O) groups is 1. The van der Waals surface area contributed by atoms with E-state index in [9.17, 15) is 9.90 Å². The largest absolute Gasteiger partial charge is 0.480 e. The van der Waals surface area contributed by atoms with Crippen LogP contribution in [0.15, 0.2) is 0 Å². The van der Waals surface area contributed by atoms with Crippen molar-refractivity contribution in [3.05, 3.63) is 0 Å². The maximum atomic E-state index is 11.9. The van der Waals surface area contributed by atoms with Crippen LogP contribution in [0.5, 0.6) is 0 Å². The van der Waals surface area contributed by atoms with Gasteiger partial charge in [-0.15, -0.1) is 0 Å². The topological polar surface area (TPSA) is 40.5 Å². The van der Waals surface area contributed by atoms with Crippen LogP contribution in [0.4, 0.5) is 0 Å². The molecular formula is C22H45NO2S. The van der Waals surface area contributed by atoms with Gasteiger partial charge in [0.2, 0.25) is 0 Å². The van der Waals surface area contributed by atoms with Crippen molar-refractivity contribution in [2.24, 2.45) is 0 Å². The van der Waals surface area contributed by atoms with Gasteiger partial charge in [-0.05, 0) is 46.0 Å². The number of thioether (sulfide) groups is 1. The van der Waals surface area contributed by atoms with Gasteiger partial charge >= 0.3 is 5.97 Å². The Balaban J connectivity index is 4.22. The first kappa shape index (κ1) is 25.8. The maximum absolute atomic E-state index is 11.9. The Morgan fingerprint density at radius 2 is 1.35 bits per heavy atom. The van der Waals surface area contributed by atoms with Crippen molar-refractivity contribution in [3.8, 4) is 0 Å². The van der Waals surface area contributed by atoms with Crippen LogP contribution in [-0.2, 0) is 4.79 Å². The lowest BCUT2D eigenvalue weighted by atomic mass is 10.0. The number of hydrogen-bond donors (Lipinski definition) is 1. The van der Waals surface area contributed by atoms with Gasteiger partial charge in [-0.1, -0.05) is 78.1 Å². The lowest BCUT2D eigenvalue weighted by Crippen LogP contribution is -2.51. The standard InChI is InChI=1S/C22H45NO2S/c1-6-8-10-12-14-16-18-23(5)20(21(24)25)22(3,4)26-19-17-15-13-11-9-7-2/h20H,6-19H2,1-5H3,(H,24,25). The maximum Gasteiger partial charge on any atom is 0.322 e. The minimum Gasteiger partial charge on any atom is -0.480 e. The number of unbranched alkanes of at least 4 members (excludes halogenated alkanes) is 10. The van der Waals surface area contributed by atoms with Gasteiger partial charge in [0.25, 0.3) is 0 Å². The van der Waals surface area contributed by atoms with Crippen LogP contribution in [0.3, 0.4) is 0 Å². The summed E-state index contributed by atoms with van der Waals surface area (Å²) in [6, 6.07) is -0.414. The zero-order valence-electron chi connectivity index (χ0n) is 18.2. The van der Waals surface area contributed by atoms with Crippen molar-refractivity contribution in [1.82, 2.24) is 4.90 Å². The van der Waals surface area contributed by atoms with Gasteiger partial charge in [-0.25, -0.2) is 0 Å². The fourth-order valence-electron chi connectivity index (χ4n) is 3.58. The lowest BCUT2D eigenvalue weighted by molar-refractivity contribution is -0.143. The molecule has 0 radical (unpaired) electrons. The van der Waals surface area contributed by atoms with E-state index in [4.69, 9.17) is 0 Å². The van der Waals surface area contributed by atoms with Crippen molar-refractivity contribution < 1.29 is 9.90 Å². The van der Waals surface area contributed by atoms with E-state index in [0.717, 1.165) is 18.7 Å². The highest BCUT2D eigenvalue weighted by Crippen LogP contribution is 2.32. The summed E-state index contributed by atoms with van der Waals surface area (Å²) in [5, 5.41) is 9.80. The molecule has 26 heavy (non-hydrogen) atoms. The first-order valence-electron chi connectivity index (χ1n) is 10.9. The predicted molar refractivity (Wildman–Crippen MR) is 117 cm³/mol. The molecule has 0 fully saturated rings. The van der Waals surface area contributed by atoms with E-state index in [0.29, 0.717) is 0 Å². The summed E-state index contributed by atoms with van der Waals surface area (Å²) in [6.45, 7) is 9.56. The third-order valence-electron chi connectivity index (χ3n) is 5.17. The zero-order chi connectivity index (χ0) is 19.8. The van der Waals surface area contributed by atoms with E-state index in [1.807, 2.05) is 18.8 Å². The average Bonchev–Trinajstić information content (AvgIpc) is 2.56. The Bertz CT molecular complexity index is 347. The van der Waals surface area contributed by atoms with Gasteiger partial charge in [0.15, 0.2) is 0 Å². The summed E-state index contributed by atoms with van der Waals surface area (Å²) in [5.41, 5.74) is 0. The number of aliphatic carboxylic acids is 1. The highest BCUT2D eigenvalue weighted by Gasteiger charge is 2.38. The number of nitrogens with zero attached hydrogens (tertiary/aromatic N) is 1. The summed E-state index contributed by atoms with van der Waals surface area (Å²) in [6.07, 6.45) is 15.2. The molecule has 0 spiro atoms. The molecule has 0 rings (SSSR count). The second-order valence-electron chi connectivity index (χ2n) is 8.21. The Morgan fingerprint density at radius 1 is 0.885 bits per heavy atom. The van der Waals surface area contributed by atoms with Crippen molar-refractivity contribution in [1.29, 1.82) is 0 Å². The molecule has 0 heterocycles. The summed E-state index contributed by atoms with van der Waals surface area (Å²) in [4.78, 5) is 14.0. The molecule has 0 amide bonds. The van der Waals surface area contributed by atoms with Gasteiger partial charge in [0, 0.05) is 4.75 Å². The molecule has 1 atom stereocenters. The lowest BCUT2D eigenvalue weighted by Gasteiger charge is -2.37. The first-order valence-corrected chi connectivity index (χ1v) is 11.9. The molecule has 0 bridgehead atoms. The summed E-state index contributed by atoms with van der Waals surface area (Å²) < 4.78 is -0.258. The smallest absolute Gasteiger partial charge is 0.322 e. The molecule has 0 saturated carbocycles. The molecular weight excluding hydrogens is 342 g/mol. The molecule has 0 saturated heterocycles. The fourth-order valence-corrected chi connectivity index (χ4v) is 4.90. The summed E-state index contributed by atoms with van der Waals surface area (Å²) in [7, 11) is 1.98. The number of rotatable bonds is 18. The molecule has 0 aromatic carbocycles.